The monoisotopic (exact) mass is 531 g/mol. The predicted molar refractivity (Wildman–Crippen MR) is 153 cm³/mol. The maximum Gasteiger partial charge on any atom is 0.255 e. The normalized spacial score (nSPS) is 17.8. The van der Waals surface area contributed by atoms with Gasteiger partial charge in [0.2, 0.25) is 0 Å². The van der Waals surface area contributed by atoms with Gasteiger partial charge < -0.3 is 19.9 Å². The molecule has 2 atom stereocenters. The van der Waals surface area contributed by atoms with Crippen molar-refractivity contribution in [3.63, 3.8) is 0 Å². The molecule has 0 aliphatic carbocycles. The molecule has 2 saturated heterocycles. The first-order valence-electron chi connectivity index (χ1n) is 13.4. The topological polar surface area (TPSA) is 79.0 Å². The van der Waals surface area contributed by atoms with Crippen molar-refractivity contribution in [2.45, 2.75) is 0 Å². The van der Waals surface area contributed by atoms with Crippen molar-refractivity contribution in [2.24, 2.45) is 11.8 Å². The Morgan fingerprint density at radius 2 is 1.00 bits per heavy atom. The van der Waals surface area contributed by atoms with Crippen molar-refractivity contribution in [1.29, 1.82) is 0 Å². The number of anilines is 1. The number of ether oxygens (including phenoxy) is 1. The summed E-state index contributed by atoms with van der Waals surface area (Å²) in [5, 5.41) is 2.86. The highest BCUT2D eigenvalue weighted by atomic mass is 16.5. The number of hydrogen-bond donors (Lipinski definition) is 1. The first-order valence-corrected chi connectivity index (χ1v) is 13.4. The molecule has 4 aromatic carbocycles. The van der Waals surface area contributed by atoms with E-state index in [0.717, 1.165) is 5.75 Å². The number of amides is 3. The first kappa shape index (κ1) is 25.4. The smallest absolute Gasteiger partial charge is 0.255 e. The number of rotatable bonds is 6. The highest BCUT2D eigenvalue weighted by Gasteiger charge is 2.43. The molecule has 2 fully saturated rings. The Hall–Kier alpha value is -4.91. The predicted octanol–water partition coefficient (Wildman–Crippen LogP) is 5.58. The molecule has 7 heteroatoms. The Bertz CT molecular complexity index is 1490. The third-order valence-electron chi connectivity index (χ3n) is 7.57. The Balaban J connectivity index is 1.01. The van der Waals surface area contributed by atoms with Gasteiger partial charge in [0.25, 0.3) is 17.7 Å². The second kappa shape index (κ2) is 11.1. The van der Waals surface area contributed by atoms with Crippen LogP contribution in [0.15, 0.2) is 109 Å². The summed E-state index contributed by atoms with van der Waals surface area (Å²) in [6.07, 6.45) is 0. The van der Waals surface area contributed by atoms with E-state index < -0.39 is 0 Å². The lowest BCUT2D eigenvalue weighted by atomic mass is 10.0. The van der Waals surface area contributed by atoms with E-state index in [0.29, 0.717) is 54.3 Å². The van der Waals surface area contributed by atoms with Crippen molar-refractivity contribution in [2.75, 3.05) is 31.5 Å². The lowest BCUT2D eigenvalue weighted by Gasteiger charge is -2.22. The maximum absolute atomic E-state index is 13.2. The summed E-state index contributed by atoms with van der Waals surface area (Å²) in [4.78, 5) is 42.5. The quantitative estimate of drug-likeness (QED) is 0.353. The number of hydrogen-bond acceptors (Lipinski definition) is 4. The zero-order valence-corrected chi connectivity index (χ0v) is 21.9. The molecule has 2 aliphatic heterocycles. The Morgan fingerprint density at radius 1 is 0.550 bits per heavy atom. The number of likely N-dealkylation sites (tertiary alicyclic amines) is 2. The number of para-hydroxylation sites is 1. The minimum absolute atomic E-state index is 0.00618. The molecule has 40 heavy (non-hydrogen) atoms. The summed E-state index contributed by atoms with van der Waals surface area (Å²) < 4.78 is 5.83. The third kappa shape index (κ3) is 5.45. The number of nitrogens with zero attached hydrogens (tertiary/aromatic N) is 2. The minimum Gasteiger partial charge on any atom is -0.457 e. The van der Waals surface area contributed by atoms with E-state index in [4.69, 9.17) is 4.74 Å². The SMILES string of the molecule is O=C(Nc1ccc(C(=O)N2C[C@@H]3CN(C(=O)c4ccc(Oc5ccccc5)cc4)C[C@@H]3C2)cc1)c1ccccc1. The van der Waals surface area contributed by atoms with Crippen LogP contribution in [0, 0.1) is 11.8 Å². The van der Waals surface area contributed by atoms with E-state index in [9.17, 15) is 14.4 Å². The molecule has 2 aliphatic rings. The van der Waals surface area contributed by atoms with E-state index in [1.54, 1.807) is 48.5 Å². The molecule has 0 spiro atoms. The fraction of sp³-hybridized carbons (Fsp3) is 0.182. The molecule has 3 amide bonds. The average Bonchev–Trinajstić information content (AvgIpc) is 3.58. The van der Waals surface area contributed by atoms with Gasteiger partial charge in [-0.3, -0.25) is 14.4 Å². The Labute approximate surface area is 233 Å². The van der Waals surface area contributed by atoms with Gasteiger partial charge in [-0.2, -0.15) is 0 Å². The first-order chi connectivity index (χ1) is 19.5. The summed E-state index contributed by atoms with van der Waals surface area (Å²) in [7, 11) is 0. The van der Waals surface area contributed by atoms with Crippen LogP contribution >= 0.6 is 0 Å². The van der Waals surface area contributed by atoms with Crippen molar-refractivity contribution in [3.8, 4) is 11.5 Å². The number of carbonyl (C=O) groups excluding carboxylic acids is 3. The van der Waals surface area contributed by atoms with Crippen molar-refractivity contribution < 1.29 is 19.1 Å². The third-order valence-corrected chi connectivity index (χ3v) is 7.57. The number of benzene rings is 4. The molecule has 7 nitrogen and oxygen atoms in total. The molecule has 0 saturated carbocycles. The van der Waals surface area contributed by atoms with Gasteiger partial charge in [0, 0.05) is 60.4 Å². The van der Waals surface area contributed by atoms with Crippen LogP contribution in [0.3, 0.4) is 0 Å². The Morgan fingerprint density at radius 3 is 1.52 bits per heavy atom. The van der Waals surface area contributed by atoms with Crippen LogP contribution in [-0.4, -0.2) is 53.7 Å². The molecule has 0 unspecified atom stereocenters. The molecule has 1 N–H and O–H groups in total. The molecular formula is C33H29N3O4. The molecule has 2 heterocycles. The average molecular weight is 532 g/mol. The van der Waals surface area contributed by atoms with Gasteiger partial charge in [0.1, 0.15) is 11.5 Å². The molecule has 0 bridgehead atoms. The summed E-state index contributed by atoms with van der Waals surface area (Å²) >= 11 is 0. The molecule has 4 aromatic rings. The fourth-order valence-corrected chi connectivity index (χ4v) is 5.47. The van der Waals surface area contributed by atoms with Gasteiger partial charge in [-0.1, -0.05) is 36.4 Å². The lowest BCUT2D eigenvalue weighted by Crippen LogP contribution is -2.35. The summed E-state index contributed by atoms with van der Waals surface area (Å²) in [6, 6.07) is 32.8. The number of carbonyl (C=O) groups is 3. The minimum atomic E-state index is -0.192. The lowest BCUT2D eigenvalue weighted by molar-refractivity contribution is 0.0738. The molecule has 6 rings (SSSR count). The van der Waals surface area contributed by atoms with Crippen LogP contribution in [0.4, 0.5) is 5.69 Å². The van der Waals surface area contributed by atoms with Crippen molar-refractivity contribution in [3.05, 3.63) is 126 Å². The highest BCUT2D eigenvalue weighted by molar-refractivity contribution is 6.04. The molecule has 0 aromatic heterocycles. The van der Waals surface area contributed by atoms with Crippen molar-refractivity contribution in [1.82, 2.24) is 9.80 Å². The zero-order valence-electron chi connectivity index (χ0n) is 21.9. The second-order valence-corrected chi connectivity index (χ2v) is 10.3. The number of nitrogens with one attached hydrogen (secondary N) is 1. The van der Waals surface area contributed by atoms with Gasteiger partial charge >= 0.3 is 0 Å². The summed E-state index contributed by atoms with van der Waals surface area (Å²) in [5.41, 5.74) is 2.43. The molecule has 200 valence electrons. The summed E-state index contributed by atoms with van der Waals surface area (Å²) in [6.45, 7) is 2.53. The van der Waals surface area contributed by atoms with Gasteiger partial charge in [-0.25, -0.2) is 0 Å². The van der Waals surface area contributed by atoms with E-state index >= 15 is 0 Å². The van der Waals surface area contributed by atoms with E-state index in [1.165, 1.54) is 0 Å². The molecule has 0 radical (unpaired) electrons. The Kier molecular flexibility index (Phi) is 7.02. The van der Waals surface area contributed by atoms with Gasteiger partial charge in [-0.05, 0) is 72.8 Å². The van der Waals surface area contributed by atoms with Crippen LogP contribution in [0.1, 0.15) is 31.1 Å². The maximum atomic E-state index is 13.2. The van der Waals surface area contributed by atoms with Crippen LogP contribution in [-0.2, 0) is 0 Å². The van der Waals surface area contributed by atoms with Gasteiger partial charge in [0.05, 0.1) is 0 Å². The van der Waals surface area contributed by atoms with Gasteiger partial charge in [-0.15, -0.1) is 0 Å². The summed E-state index contributed by atoms with van der Waals surface area (Å²) in [5.74, 6) is 1.74. The highest BCUT2D eigenvalue weighted by Crippen LogP contribution is 2.33. The van der Waals surface area contributed by atoms with E-state index in [-0.39, 0.29) is 29.6 Å². The zero-order chi connectivity index (χ0) is 27.5. The van der Waals surface area contributed by atoms with Crippen LogP contribution in [0.25, 0.3) is 0 Å². The standard InChI is InChI=1S/C33H29N3O4/c37-31(23-7-3-1-4-8-23)34-28-15-11-24(12-16-28)32(38)35-19-26-21-36(22-27(26)20-35)33(39)25-13-17-30(18-14-25)40-29-9-5-2-6-10-29/h1-18,26-27H,19-22H2,(H,34,37)/t26-,27+. The van der Waals surface area contributed by atoms with Crippen LogP contribution in [0.5, 0.6) is 11.5 Å². The van der Waals surface area contributed by atoms with Gasteiger partial charge in [0.15, 0.2) is 0 Å². The number of fused-ring (bicyclic) bond motifs is 1. The van der Waals surface area contributed by atoms with Crippen molar-refractivity contribution >= 4 is 23.4 Å². The second-order valence-electron chi connectivity index (χ2n) is 10.3. The molecular weight excluding hydrogens is 502 g/mol. The van der Waals surface area contributed by atoms with E-state index in [2.05, 4.69) is 5.32 Å². The van der Waals surface area contributed by atoms with E-state index in [1.807, 2.05) is 70.5 Å². The fourth-order valence-electron chi connectivity index (χ4n) is 5.47. The van der Waals surface area contributed by atoms with Crippen LogP contribution < -0.4 is 10.1 Å². The largest absolute Gasteiger partial charge is 0.457 e. The van der Waals surface area contributed by atoms with Crippen LogP contribution in [0.2, 0.25) is 0 Å².